The minimum Gasteiger partial charge on any atom is -0.398 e. The van der Waals surface area contributed by atoms with Gasteiger partial charge in [-0.3, -0.25) is 9.58 Å². The van der Waals surface area contributed by atoms with Gasteiger partial charge in [-0.15, -0.1) is 0 Å². The van der Waals surface area contributed by atoms with E-state index >= 15 is 0 Å². The molecule has 1 aliphatic heterocycles. The molecule has 0 atom stereocenters. The van der Waals surface area contributed by atoms with Crippen LogP contribution in [-0.2, 0) is 19.6 Å². The summed E-state index contributed by atoms with van der Waals surface area (Å²) in [6, 6.07) is 9.03. The first-order valence-corrected chi connectivity index (χ1v) is 7.92. The van der Waals surface area contributed by atoms with Crippen LogP contribution in [0.1, 0.15) is 48.5 Å². The molecule has 110 valence electrons. The molecule has 2 N–H and O–H groups in total. The van der Waals surface area contributed by atoms with Crippen molar-refractivity contribution >= 4 is 5.69 Å². The van der Waals surface area contributed by atoms with Crippen LogP contribution >= 0.6 is 0 Å². The summed E-state index contributed by atoms with van der Waals surface area (Å²) in [6.45, 7) is 2.84. The van der Waals surface area contributed by atoms with Crippen LogP contribution in [0.25, 0.3) is 0 Å². The lowest BCUT2D eigenvalue weighted by molar-refractivity contribution is 0.270. The molecule has 0 unspecified atom stereocenters. The Morgan fingerprint density at radius 1 is 1.14 bits per heavy atom. The first kappa shape index (κ1) is 12.9. The maximum Gasteiger partial charge on any atom is 0.0765 e. The molecule has 0 radical (unpaired) electrons. The fourth-order valence-electron chi connectivity index (χ4n) is 3.69. The minimum atomic E-state index is 0.630. The molecule has 1 fully saturated rings. The molecule has 1 aromatic carbocycles. The van der Waals surface area contributed by atoms with Crippen molar-refractivity contribution in [3.8, 4) is 0 Å². The Balaban J connectivity index is 1.45. The van der Waals surface area contributed by atoms with E-state index in [1.54, 1.807) is 0 Å². The van der Waals surface area contributed by atoms with E-state index in [2.05, 4.69) is 27.9 Å². The zero-order chi connectivity index (χ0) is 14.2. The van der Waals surface area contributed by atoms with Crippen molar-refractivity contribution < 1.29 is 0 Å². The average Bonchev–Trinajstić information content (AvgIpc) is 3.18. The van der Waals surface area contributed by atoms with Crippen LogP contribution in [0.3, 0.4) is 0 Å². The fourth-order valence-corrected chi connectivity index (χ4v) is 3.69. The average molecular weight is 282 g/mol. The topological polar surface area (TPSA) is 47.1 Å². The normalized spacial score (nSPS) is 19.2. The van der Waals surface area contributed by atoms with Crippen LogP contribution in [-0.4, -0.2) is 14.7 Å². The monoisotopic (exact) mass is 282 g/mol. The molecule has 0 saturated heterocycles. The minimum absolute atomic E-state index is 0.630. The molecule has 2 heterocycles. The summed E-state index contributed by atoms with van der Waals surface area (Å²) < 4.78 is 2.18. The van der Waals surface area contributed by atoms with Crippen LogP contribution in [0.5, 0.6) is 0 Å². The van der Waals surface area contributed by atoms with E-state index in [1.807, 2.05) is 12.1 Å². The van der Waals surface area contributed by atoms with Crippen molar-refractivity contribution in [3.05, 3.63) is 47.3 Å². The summed E-state index contributed by atoms with van der Waals surface area (Å²) in [5.74, 6) is 0. The highest BCUT2D eigenvalue weighted by molar-refractivity contribution is 5.52. The smallest absolute Gasteiger partial charge is 0.0765 e. The Hall–Kier alpha value is -1.81. The van der Waals surface area contributed by atoms with Gasteiger partial charge in [-0.25, -0.2) is 0 Å². The molecule has 1 aliphatic carbocycles. The Bertz CT molecular complexity index is 640. The predicted octanol–water partition coefficient (Wildman–Crippen LogP) is 3.10. The van der Waals surface area contributed by atoms with Crippen molar-refractivity contribution in [3.63, 3.8) is 0 Å². The van der Waals surface area contributed by atoms with Crippen LogP contribution in [0.2, 0.25) is 0 Å². The molecular formula is C17H22N4. The Labute approximate surface area is 125 Å². The Kier molecular flexibility index (Phi) is 3.19. The van der Waals surface area contributed by atoms with Gasteiger partial charge in [0.2, 0.25) is 0 Å². The van der Waals surface area contributed by atoms with Gasteiger partial charge in [-0.05, 0) is 36.1 Å². The van der Waals surface area contributed by atoms with Gasteiger partial charge in [0.15, 0.2) is 0 Å². The van der Waals surface area contributed by atoms with Crippen LogP contribution in [0, 0.1) is 0 Å². The summed E-state index contributed by atoms with van der Waals surface area (Å²) in [5, 5.41) is 4.78. The second-order valence-electron chi connectivity index (χ2n) is 6.36. The molecule has 1 aromatic heterocycles. The number of hydrogen-bond acceptors (Lipinski definition) is 3. The number of aromatic nitrogens is 2. The van der Waals surface area contributed by atoms with E-state index in [0.29, 0.717) is 6.04 Å². The van der Waals surface area contributed by atoms with Crippen molar-refractivity contribution in [2.45, 2.75) is 51.4 Å². The van der Waals surface area contributed by atoms with E-state index in [-0.39, 0.29) is 0 Å². The lowest BCUT2D eigenvalue weighted by Gasteiger charge is -2.13. The molecule has 2 aliphatic rings. The highest BCUT2D eigenvalue weighted by Crippen LogP contribution is 2.30. The summed E-state index contributed by atoms with van der Waals surface area (Å²) in [4.78, 5) is 2.42. The maximum atomic E-state index is 6.07. The van der Waals surface area contributed by atoms with Gasteiger partial charge in [0.1, 0.15) is 0 Å². The highest BCUT2D eigenvalue weighted by atomic mass is 15.3. The lowest BCUT2D eigenvalue weighted by atomic mass is 10.1. The Morgan fingerprint density at radius 3 is 2.81 bits per heavy atom. The number of anilines is 1. The molecule has 2 aromatic rings. The molecule has 4 heteroatoms. The molecular weight excluding hydrogens is 260 g/mol. The molecule has 0 bridgehead atoms. The number of nitrogens with zero attached hydrogens (tertiary/aromatic N) is 3. The zero-order valence-electron chi connectivity index (χ0n) is 12.3. The lowest BCUT2D eigenvalue weighted by Crippen LogP contribution is -2.16. The molecule has 0 spiro atoms. The van der Waals surface area contributed by atoms with Crippen LogP contribution < -0.4 is 5.73 Å². The quantitative estimate of drug-likeness (QED) is 0.880. The van der Waals surface area contributed by atoms with Gasteiger partial charge in [0, 0.05) is 31.5 Å². The third-order valence-corrected chi connectivity index (χ3v) is 4.83. The van der Waals surface area contributed by atoms with Crippen LogP contribution in [0.15, 0.2) is 30.5 Å². The Morgan fingerprint density at radius 2 is 2.00 bits per heavy atom. The number of fused-ring (bicyclic) bond motifs is 1. The number of benzene rings is 1. The molecule has 21 heavy (non-hydrogen) atoms. The second-order valence-corrected chi connectivity index (χ2v) is 6.36. The predicted molar refractivity (Wildman–Crippen MR) is 83.5 cm³/mol. The highest BCUT2D eigenvalue weighted by Gasteiger charge is 2.22. The number of nitrogen functional groups attached to an aromatic ring is 1. The van der Waals surface area contributed by atoms with Crippen molar-refractivity contribution in [1.29, 1.82) is 0 Å². The standard InChI is InChI=1S/C17H22N4/c18-17-7-3-4-13-10-20(12-16(13)17)11-14-8-9-21(19-14)15-5-1-2-6-15/h3-4,7-9,15H,1-2,5-6,10-12,18H2. The number of nitrogens with two attached hydrogens (primary N) is 1. The van der Waals surface area contributed by atoms with E-state index in [0.717, 1.165) is 25.3 Å². The summed E-state index contributed by atoms with van der Waals surface area (Å²) >= 11 is 0. The summed E-state index contributed by atoms with van der Waals surface area (Å²) in [5.41, 5.74) is 10.8. The third-order valence-electron chi connectivity index (χ3n) is 4.83. The van der Waals surface area contributed by atoms with Gasteiger partial charge >= 0.3 is 0 Å². The van der Waals surface area contributed by atoms with Gasteiger partial charge < -0.3 is 5.73 Å². The van der Waals surface area contributed by atoms with Gasteiger partial charge in [-0.1, -0.05) is 25.0 Å². The van der Waals surface area contributed by atoms with E-state index in [1.165, 1.54) is 42.5 Å². The first-order chi connectivity index (χ1) is 10.3. The maximum absolute atomic E-state index is 6.07. The molecule has 4 nitrogen and oxygen atoms in total. The van der Waals surface area contributed by atoms with Crippen LogP contribution in [0.4, 0.5) is 5.69 Å². The van der Waals surface area contributed by atoms with Gasteiger partial charge in [-0.2, -0.15) is 5.10 Å². The molecule has 0 amide bonds. The van der Waals surface area contributed by atoms with Crippen molar-refractivity contribution in [1.82, 2.24) is 14.7 Å². The van der Waals surface area contributed by atoms with Gasteiger partial charge in [0.05, 0.1) is 11.7 Å². The fraction of sp³-hybridized carbons (Fsp3) is 0.471. The zero-order valence-corrected chi connectivity index (χ0v) is 12.3. The second kappa shape index (κ2) is 5.19. The molecule has 1 saturated carbocycles. The SMILES string of the molecule is Nc1cccc2c1CN(Cc1ccn(C3CCCC3)n1)C2. The summed E-state index contributed by atoms with van der Waals surface area (Å²) in [7, 11) is 0. The number of rotatable bonds is 3. The number of hydrogen-bond donors (Lipinski definition) is 1. The summed E-state index contributed by atoms with van der Waals surface area (Å²) in [6.07, 6.45) is 7.42. The molecule has 4 rings (SSSR count). The third kappa shape index (κ3) is 2.44. The largest absolute Gasteiger partial charge is 0.398 e. The van der Waals surface area contributed by atoms with Crippen molar-refractivity contribution in [2.75, 3.05) is 5.73 Å². The first-order valence-electron chi connectivity index (χ1n) is 7.92. The van der Waals surface area contributed by atoms with Gasteiger partial charge in [0.25, 0.3) is 0 Å². The van der Waals surface area contributed by atoms with E-state index in [9.17, 15) is 0 Å². The van der Waals surface area contributed by atoms with E-state index in [4.69, 9.17) is 10.8 Å². The van der Waals surface area contributed by atoms with Crippen molar-refractivity contribution in [2.24, 2.45) is 0 Å². The van der Waals surface area contributed by atoms with E-state index < -0.39 is 0 Å².